The van der Waals surface area contributed by atoms with Crippen LogP contribution in [-0.2, 0) is 17.7 Å². The molecule has 1 fully saturated rings. The van der Waals surface area contributed by atoms with Crippen molar-refractivity contribution >= 4 is 30.6 Å². The summed E-state index contributed by atoms with van der Waals surface area (Å²) in [5.41, 5.74) is 4.26. The Morgan fingerprint density at radius 1 is 1.17 bits per heavy atom. The van der Waals surface area contributed by atoms with E-state index in [-0.39, 0.29) is 36.6 Å². The molecule has 4 rings (SSSR count). The van der Waals surface area contributed by atoms with Gasteiger partial charge in [-0.25, -0.2) is 0 Å². The molecule has 1 saturated heterocycles. The second-order valence-electron chi connectivity index (χ2n) is 7.85. The number of benzene rings is 1. The first-order valence-corrected chi connectivity index (χ1v) is 10.3. The Labute approximate surface area is 190 Å². The van der Waals surface area contributed by atoms with E-state index in [1.807, 2.05) is 18.2 Å². The molecule has 2 aromatic rings. The molecule has 0 spiro atoms. The average molecular weight is 453 g/mol. The van der Waals surface area contributed by atoms with Crippen LogP contribution < -0.4 is 5.32 Å². The smallest absolute Gasteiger partial charge is 0.163 e. The number of pyridine rings is 1. The van der Waals surface area contributed by atoms with Crippen LogP contribution in [0.4, 0.5) is 0 Å². The summed E-state index contributed by atoms with van der Waals surface area (Å²) in [6, 6.07) is 12.0. The number of fused-ring (bicyclic) bond motifs is 1. The van der Waals surface area contributed by atoms with Crippen molar-refractivity contribution in [3.05, 3.63) is 65.0 Å². The zero-order valence-electron chi connectivity index (χ0n) is 17.0. The first kappa shape index (κ1) is 24.8. The lowest BCUT2D eigenvalue weighted by Gasteiger charge is -2.29. The number of carbonyl (C=O) groups excluding carboxylic acids is 1. The van der Waals surface area contributed by atoms with Crippen molar-refractivity contribution in [2.24, 2.45) is 0 Å². The van der Waals surface area contributed by atoms with Gasteiger partial charge in [-0.05, 0) is 48.9 Å². The van der Waals surface area contributed by atoms with Crippen LogP contribution in [0.25, 0.3) is 0 Å². The van der Waals surface area contributed by atoms with Gasteiger partial charge in [0.05, 0.1) is 6.10 Å². The summed E-state index contributed by atoms with van der Waals surface area (Å²) < 4.78 is 5.41. The molecule has 0 unspecified atom stereocenters. The summed E-state index contributed by atoms with van der Waals surface area (Å²) in [5.74, 6) is 0.449. The van der Waals surface area contributed by atoms with E-state index < -0.39 is 6.10 Å². The van der Waals surface area contributed by atoms with Crippen molar-refractivity contribution in [3.8, 4) is 0 Å². The topological polar surface area (TPSA) is 71.5 Å². The van der Waals surface area contributed by atoms with E-state index in [0.29, 0.717) is 24.3 Å². The fourth-order valence-corrected chi connectivity index (χ4v) is 4.21. The monoisotopic (exact) mass is 452 g/mol. The molecule has 2 atom stereocenters. The summed E-state index contributed by atoms with van der Waals surface area (Å²) in [6.07, 6.45) is 4.72. The number of halogens is 2. The van der Waals surface area contributed by atoms with Crippen LogP contribution in [0, 0.1) is 0 Å². The molecule has 5 nitrogen and oxygen atoms in total. The van der Waals surface area contributed by atoms with Crippen LogP contribution >= 0.6 is 24.8 Å². The molecule has 0 amide bonds. The fourth-order valence-electron chi connectivity index (χ4n) is 4.21. The van der Waals surface area contributed by atoms with Crippen molar-refractivity contribution < 1.29 is 14.6 Å². The Balaban J connectivity index is 0.00000160. The maximum Gasteiger partial charge on any atom is 0.163 e. The molecule has 2 aliphatic rings. The maximum absolute atomic E-state index is 12.7. The number of ketones is 1. The molecule has 30 heavy (non-hydrogen) atoms. The van der Waals surface area contributed by atoms with Crippen LogP contribution in [-0.4, -0.2) is 41.2 Å². The first-order chi connectivity index (χ1) is 13.7. The Morgan fingerprint density at radius 2 is 1.90 bits per heavy atom. The van der Waals surface area contributed by atoms with E-state index in [9.17, 15) is 9.90 Å². The zero-order valence-corrected chi connectivity index (χ0v) is 18.6. The summed E-state index contributed by atoms with van der Waals surface area (Å²) in [7, 11) is 0. The molecule has 1 aromatic carbocycles. The summed E-state index contributed by atoms with van der Waals surface area (Å²) in [6.45, 7) is 2.28. The maximum atomic E-state index is 12.7. The van der Waals surface area contributed by atoms with E-state index >= 15 is 0 Å². The highest BCUT2D eigenvalue weighted by Gasteiger charge is 2.25. The number of nitrogens with one attached hydrogen (secondary N) is 1. The minimum atomic E-state index is -0.533. The predicted molar refractivity (Wildman–Crippen MR) is 122 cm³/mol. The van der Waals surface area contributed by atoms with Gasteiger partial charge in [-0.15, -0.1) is 24.8 Å². The highest BCUT2D eigenvalue weighted by atomic mass is 35.5. The second-order valence-corrected chi connectivity index (χ2v) is 7.85. The third kappa shape index (κ3) is 6.02. The molecular weight excluding hydrogens is 423 g/mol. The van der Waals surface area contributed by atoms with E-state index in [4.69, 9.17) is 4.74 Å². The van der Waals surface area contributed by atoms with Crippen molar-refractivity contribution in [2.45, 2.75) is 56.7 Å². The summed E-state index contributed by atoms with van der Waals surface area (Å²) in [4.78, 5) is 17.1. The number of aromatic nitrogens is 1. The van der Waals surface area contributed by atoms with Crippen LogP contribution in [0.2, 0.25) is 0 Å². The van der Waals surface area contributed by atoms with E-state index in [2.05, 4.69) is 22.4 Å². The number of aliphatic hydroxyl groups is 1. The Morgan fingerprint density at radius 3 is 2.67 bits per heavy atom. The van der Waals surface area contributed by atoms with Gasteiger partial charge in [0.2, 0.25) is 0 Å². The number of ether oxygens (including phenoxy) is 1. The van der Waals surface area contributed by atoms with E-state index in [1.165, 1.54) is 11.1 Å². The largest absolute Gasteiger partial charge is 0.391 e. The third-order valence-electron chi connectivity index (χ3n) is 5.99. The first-order valence-electron chi connectivity index (χ1n) is 10.3. The van der Waals surface area contributed by atoms with Crippen molar-refractivity contribution in [3.63, 3.8) is 0 Å². The minimum absolute atomic E-state index is 0. The number of carbonyl (C=O) groups is 1. The minimum Gasteiger partial charge on any atom is -0.391 e. The van der Waals surface area contributed by atoms with Gasteiger partial charge < -0.3 is 15.2 Å². The standard InChI is InChI=1S/C23H28N2O3.2ClH/c26-22(18-7-10-24-20(14-18)16-8-11-28-12-9-16)5-6-23(27)21-13-17-3-1-2-4-19(17)15-25-21;;/h1-4,7,10,14,16,21,23,25,27H,5-6,8-9,11-13,15H2;2*1H/t21-,23+;;/m0../s1. The van der Waals surface area contributed by atoms with Crippen LogP contribution in [0.1, 0.15) is 58.8 Å². The Bertz CT molecular complexity index is 828. The number of aliphatic hydroxyl groups excluding tert-OH is 1. The van der Waals surface area contributed by atoms with Crippen LogP contribution in [0.3, 0.4) is 0 Å². The molecule has 2 N–H and O–H groups in total. The number of Topliss-reactive ketones (excluding diaryl/α,β-unsaturated/α-hetero) is 1. The lowest BCUT2D eigenvalue weighted by molar-refractivity contribution is 0.0843. The lowest BCUT2D eigenvalue weighted by atomic mass is 9.90. The molecule has 0 bridgehead atoms. The van der Waals surface area contributed by atoms with Crippen molar-refractivity contribution in [2.75, 3.05) is 13.2 Å². The fraction of sp³-hybridized carbons (Fsp3) is 0.478. The van der Waals surface area contributed by atoms with Gasteiger partial charge in [0.25, 0.3) is 0 Å². The van der Waals surface area contributed by atoms with Gasteiger partial charge in [-0.1, -0.05) is 24.3 Å². The second kappa shape index (κ2) is 11.8. The highest BCUT2D eigenvalue weighted by molar-refractivity contribution is 5.96. The van der Waals surface area contributed by atoms with E-state index in [1.54, 1.807) is 12.3 Å². The zero-order chi connectivity index (χ0) is 19.3. The molecule has 0 aliphatic carbocycles. The molecule has 0 saturated carbocycles. The Hall–Kier alpha value is -1.50. The van der Waals surface area contributed by atoms with Gasteiger partial charge in [0.1, 0.15) is 0 Å². The molecule has 3 heterocycles. The molecule has 7 heteroatoms. The van der Waals surface area contributed by atoms with Crippen molar-refractivity contribution in [1.82, 2.24) is 10.3 Å². The Kier molecular flexibility index (Phi) is 9.72. The SMILES string of the molecule is Cl.Cl.O=C(CC[C@@H](O)[C@@H]1Cc2ccccc2CN1)c1ccnc(C2CCOCC2)c1. The number of hydrogen-bond donors (Lipinski definition) is 2. The van der Waals surface area contributed by atoms with Crippen LogP contribution in [0.15, 0.2) is 42.6 Å². The number of nitrogens with zero attached hydrogens (tertiary/aromatic N) is 1. The normalized spacial score (nSPS) is 19.7. The van der Waals surface area contributed by atoms with Gasteiger partial charge in [0, 0.05) is 55.6 Å². The highest BCUT2D eigenvalue weighted by Crippen LogP contribution is 2.26. The number of rotatable bonds is 6. The molecule has 0 radical (unpaired) electrons. The summed E-state index contributed by atoms with van der Waals surface area (Å²) >= 11 is 0. The molecule has 2 aliphatic heterocycles. The number of hydrogen-bond acceptors (Lipinski definition) is 5. The predicted octanol–water partition coefficient (Wildman–Crippen LogP) is 3.86. The molecule has 164 valence electrons. The van der Waals surface area contributed by atoms with Gasteiger partial charge >= 0.3 is 0 Å². The lowest BCUT2D eigenvalue weighted by Crippen LogP contribution is -2.44. The van der Waals surface area contributed by atoms with Gasteiger partial charge in [-0.2, -0.15) is 0 Å². The molecule has 1 aromatic heterocycles. The molecular formula is C23H30Cl2N2O3. The van der Waals surface area contributed by atoms with Gasteiger partial charge in [-0.3, -0.25) is 9.78 Å². The third-order valence-corrected chi connectivity index (χ3v) is 5.99. The van der Waals surface area contributed by atoms with Crippen LogP contribution in [0.5, 0.6) is 0 Å². The summed E-state index contributed by atoms with van der Waals surface area (Å²) in [5, 5.41) is 14.0. The van der Waals surface area contributed by atoms with E-state index in [0.717, 1.165) is 44.7 Å². The van der Waals surface area contributed by atoms with Crippen molar-refractivity contribution in [1.29, 1.82) is 0 Å². The average Bonchev–Trinajstić information content (AvgIpc) is 2.77. The quantitative estimate of drug-likeness (QED) is 0.651. The van der Waals surface area contributed by atoms with Gasteiger partial charge in [0.15, 0.2) is 5.78 Å².